The largest absolute Gasteiger partial charge is 0.443 e. The number of nitrogens with zero attached hydrogens (tertiary/aromatic N) is 1. The number of aromatic nitrogens is 1. The molecule has 0 atom stereocenters. The van der Waals surface area contributed by atoms with Gasteiger partial charge in [0.1, 0.15) is 5.52 Å². The summed E-state index contributed by atoms with van der Waals surface area (Å²) in [6.45, 7) is 6.04. The summed E-state index contributed by atoms with van der Waals surface area (Å²) < 4.78 is 5.06. The van der Waals surface area contributed by atoms with Crippen molar-refractivity contribution in [3.8, 4) is 0 Å². The number of hydrogen-bond donors (Lipinski definition) is 0. The minimum absolute atomic E-state index is 0.852. The normalized spacial score (nSPS) is 9.25. The van der Waals surface area contributed by atoms with Gasteiger partial charge in [0.15, 0.2) is 12.0 Å². The van der Waals surface area contributed by atoms with Crippen LogP contribution in [0.1, 0.15) is 19.4 Å². The van der Waals surface area contributed by atoms with Gasteiger partial charge in [-0.05, 0) is 24.6 Å². The molecule has 0 fully saturated rings. The van der Waals surface area contributed by atoms with Crippen LogP contribution in [0.15, 0.2) is 29.0 Å². The van der Waals surface area contributed by atoms with Crippen LogP contribution in [-0.2, 0) is 0 Å². The van der Waals surface area contributed by atoms with Gasteiger partial charge >= 0.3 is 0 Å². The number of hydrogen-bond acceptors (Lipinski definition) is 2. The first kappa shape index (κ1) is 8.78. The molecule has 2 aromatic rings. The SMILES string of the molecule is CC.Cc1ccc2ocnc2c1. The molecule has 2 rings (SSSR count). The van der Waals surface area contributed by atoms with Gasteiger partial charge in [-0.1, -0.05) is 19.9 Å². The number of fused-ring (bicyclic) bond motifs is 1. The van der Waals surface area contributed by atoms with Crippen LogP contribution in [0.25, 0.3) is 11.1 Å². The Bertz CT molecular complexity index is 351. The van der Waals surface area contributed by atoms with Gasteiger partial charge in [0.05, 0.1) is 0 Å². The van der Waals surface area contributed by atoms with E-state index in [1.54, 1.807) is 0 Å². The molecular weight excluding hydrogens is 150 g/mol. The van der Waals surface area contributed by atoms with Gasteiger partial charge in [-0.25, -0.2) is 4.98 Å². The fraction of sp³-hybridized carbons (Fsp3) is 0.300. The van der Waals surface area contributed by atoms with E-state index in [9.17, 15) is 0 Å². The first-order valence-corrected chi connectivity index (χ1v) is 4.16. The first-order chi connectivity index (χ1) is 5.86. The molecule has 0 N–H and O–H groups in total. The van der Waals surface area contributed by atoms with Crippen molar-refractivity contribution in [3.63, 3.8) is 0 Å². The van der Waals surface area contributed by atoms with E-state index in [2.05, 4.69) is 4.98 Å². The molecule has 0 saturated carbocycles. The minimum Gasteiger partial charge on any atom is -0.443 e. The Morgan fingerprint density at radius 2 is 2.00 bits per heavy atom. The molecule has 0 aliphatic heterocycles. The molecule has 2 nitrogen and oxygen atoms in total. The Kier molecular flexibility index (Phi) is 2.86. The number of oxazole rings is 1. The van der Waals surface area contributed by atoms with Crippen LogP contribution in [0.3, 0.4) is 0 Å². The Morgan fingerprint density at radius 1 is 1.25 bits per heavy atom. The maximum absolute atomic E-state index is 5.06. The van der Waals surface area contributed by atoms with Crippen LogP contribution >= 0.6 is 0 Å². The molecule has 0 spiro atoms. The Hall–Kier alpha value is -1.31. The second-order valence-corrected chi connectivity index (χ2v) is 2.32. The summed E-state index contributed by atoms with van der Waals surface area (Å²) in [6, 6.07) is 5.93. The highest BCUT2D eigenvalue weighted by atomic mass is 16.3. The number of aryl methyl sites for hydroxylation is 1. The monoisotopic (exact) mass is 163 g/mol. The Balaban J connectivity index is 0.000000336. The van der Waals surface area contributed by atoms with Gasteiger partial charge in [-0.3, -0.25) is 0 Å². The van der Waals surface area contributed by atoms with Gasteiger partial charge in [-0.2, -0.15) is 0 Å². The van der Waals surface area contributed by atoms with Gasteiger partial charge in [-0.15, -0.1) is 0 Å². The van der Waals surface area contributed by atoms with Crippen molar-refractivity contribution >= 4 is 11.1 Å². The Labute approximate surface area is 72.2 Å². The van der Waals surface area contributed by atoms with E-state index in [0.717, 1.165) is 11.1 Å². The molecule has 2 heteroatoms. The second-order valence-electron chi connectivity index (χ2n) is 2.32. The van der Waals surface area contributed by atoms with Crippen LogP contribution in [0.2, 0.25) is 0 Å². The predicted octanol–water partition coefficient (Wildman–Crippen LogP) is 3.16. The van der Waals surface area contributed by atoms with E-state index in [0.29, 0.717) is 0 Å². The topological polar surface area (TPSA) is 26.0 Å². The number of rotatable bonds is 0. The standard InChI is InChI=1S/C8H7NO.C2H6/c1-6-2-3-8-7(4-6)9-5-10-8;1-2/h2-5H,1H3;1-2H3. The lowest BCUT2D eigenvalue weighted by Gasteiger charge is -1.87. The molecule has 64 valence electrons. The third-order valence-electron chi connectivity index (χ3n) is 1.49. The second kappa shape index (κ2) is 3.90. The van der Waals surface area contributed by atoms with E-state index in [1.165, 1.54) is 12.0 Å². The van der Waals surface area contributed by atoms with Crippen molar-refractivity contribution in [2.75, 3.05) is 0 Å². The lowest BCUT2D eigenvalue weighted by molar-refractivity contribution is 0.602. The third-order valence-corrected chi connectivity index (χ3v) is 1.49. The van der Waals surface area contributed by atoms with Crippen molar-refractivity contribution in [1.29, 1.82) is 0 Å². The summed E-state index contributed by atoms with van der Waals surface area (Å²) in [5.41, 5.74) is 2.99. The minimum atomic E-state index is 0.852. The van der Waals surface area contributed by atoms with Crippen LogP contribution < -0.4 is 0 Å². The molecule has 0 amide bonds. The molecule has 1 heterocycles. The molecule has 0 aliphatic carbocycles. The fourth-order valence-electron chi connectivity index (χ4n) is 0.968. The fourth-order valence-corrected chi connectivity index (χ4v) is 0.968. The number of benzene rings is 1. The highest BCUT2D eigenvalue weighted by molar-refractivity contribution is 5.72. The molecule has 1 aromatic heterocycles. The molecule has 0 unspecified atom stereocenters. The maximum atomic E-state index is 5.06. The lowest BCUT2D eigenvalue weighted by atomic mass is 10.2. The van der Waals surface area contributed by atoms with Gasteiger partial charge < -0.3 is 4.42 Å². The van der Waals surface area contributed by atoms with Crippen molar-refractivity contribution in [2.24, 2.45) is 0 Å². The van der Waals surface area contributed by atoms with E-state index < -0.39 is 0 Å². The van der Waals surface area contributed by atoms with Crippen LogP contribution in [0.4, 0.5) is 0 Å². The van der Waals surface area contributed by atoms with Gasteiger partial charge in [0.2, 0.25) is 0 Å². The summed E-state index contributed by atoms with van der Waals surface area (Å²) in [6.07, 6.45) is 1.46. The van der Waals surface area contributed by atoms with Gasteiger partial charge in [0, 0.05) is 0 Å². The average Bonchev–Trinajstić information content (AvgIpc) is 2.54. The van der Waals surface area contributed by atoms with E-state index in [1.807, 2.05) is 39.0 Å². The zero-order valence-corrected chi connectivity index (χ0v) is 7.66. The molecule has 1 aromatic carbocycles. The molecule has 12 heavy (non-hydrogen) atoms. The van der Waals surface area contributed by atoms with E-state index in [-0.39, 0.29) is 0 Å². The molecule has 0 saturated heterocycles. The van der Waals surface area contributed by atoms with Crippen LogP contribution in [0, 0.1) is 6.92 Å². The van der Waals surface area contributed by atoms with Crippen molar-refractivity contribution in [1.82, 2.24) is 4.98 Å². The molecular formula is C10H13NO. The lowest BCUT2D eigenvalue weighted by Crippen LogP contribution is -1.70. The van der Waals surface area contributed by atoms with E-state index in [4.69, 9.17) is 4.42 Å². The quantitative estimate of drug-likeness (QED) is 0.596. The molecule has 0 bridgehead atoms. The summed E-state index contributed by atoms with van der Waals surface area (Å²) in [4.78, 5) is 4.01. The van der Waals surface area contributed by atoms with Gasteiger partial charge in [0.25, 0.3) is 0 Å². The molecule has 0 radical (unpaired) electrons. The average molecular weight is 163 g/mol. The maximum Gasteiger partial charge on any atom is 0.181 e. The highest BCUT2D eigenvalue weighted by Gasteiger charge is 1.95. The summed E-state index contributed by atoms with van der Waals surface area (Å²) >= 11 is 0. The van der Waals surface area contributed by atoms with Crippen LogP contribution in [-0.4, -0.2) is 4.98 Å². The zero-order chi connectivity index (χ0) is 8.97. The van der Waals surface area contributed by atoms with Crippen LogP contribution in [0.5, 0.6) is 0 Å². The summed E-state index contributed by atoms with van der Waals surface area (Å²) in [5, 5.41) is 0. The smallest absolute Gasteiger partial charge is 0.181 e. The van der Waals surface area contributed by atoms with Crippen molar-refractivity contribution < 1.29 is 4.42 Å². The summed E-state index contributed by atoms with van der Waals surface area (Å²) in [5.74, 6) is 0. The Morgan fingerprint density at radius 3 is 2.75 bits per heavy atom. The van der Waals surface area contributed by atoms with E-state index >= 15 is 0 Å². The molecule has 0 aliphatic rings. The van der Waals surface area contributed by atoms with Crippen molar-refractivity contribution in [2.45, 2.75) is 20.8 Å². The predicted molar refractivity (Wildman–Crippen MR) is 50.1 cm³/mol. The summed E-state index contributed by atoms with van der Waals surface area (Å²) in [7, 11) is 0. The third kappa shape index (κ3) is 1.64. The highest BCUT2D eigenvalue weighted by Crippen LogP contribution is 2.12. The first-order valence-electron chi connectivity index (χ1n) is 4.16. The van der Waals surface area contributed by atoms with Crippen molar-refractivity contribution in [3.05, 3.63) is 30.2 Å². The zero-order valence-electron chi connectivity index (χ0n) is 7.66.